The molecule has 3 nitrogen and oxygen atoms in total. The first-order chi connectivity index (χ1) is 12.4. The zero-order chi connectivity index (χ0) is 18.7. The van der Waals surface area contributed by atoms with E-state index in [-0.39, 0.29) is 10.8 Å². The van der Waals surface area contributed by atoms with Crippen molar-refractivity contribution in [2.75, 3.05) is 4.90 Å². The maximum Gasteiger partial charge on any atom is 0.230 e. The summed E-state index contributed by atoms with van der Waals surface area (Å²) in [5.41, 5.74) is 2.50. The first kappa shape index (κ1) is 18.5. The van der Waals surface area contributed by atoms with Crippen molar-refractivity contribution in [3.8, 4) is 0 Å². The Labute approximate surface area is 158 Å². The normalized spacial score (nSPS) is 10.8. The second kappa shape index (κ2) is 7.97. The van der Waals surface area contributed by atoms with E-state index in [2.05, 4.69) is 4.98 Å². The molecule has 134 valence electrons. The zero-order valence-electron chi connectivity index (χ0n) is 14.2. The second-order valence-corrected chi connectivity index (χ2v) is 7.53. The second-order valence-electron chi connectivity index (χ2n) is 5.68. The molecule has 0 aliphatic heterocycles. The van der Waals surface area contributed by atoms with Crippen molar-refractivity contribution in [2.45, 2.75) is 24.5 Å². The van der Waals surface area contributed by atoms with Gasteiger partial charge >= 0.3 is 0 Å². The molecule has 0 spiro atoms. The van der Waals surface area contributed by atoms with Gasteiger partial charge in [-0.25, -0.2) is 13.8 Å². The maximum absolute atomic E-state index is 13.7. The predicted octanol–water partition coefficient (Wildman–Crippen LogP) is 5.71. The minimum absolute atomic E-state index is 0.139. The van der Waals surface area contributed by atoms with E-state index < -0.39 is 11.6 Å². The maximum atomic E-state index is 13.7. The number of nitrogens with zero attached hydrogens (tertiary/aromatic N) is 2. The van der Waals surface area contributed by atoms with Gasteiger partial charge in [0, 0.05) is 23.0 Å². The number of carbonyl (C=O) groups excluding carboxylic acids is 1. The van der Waals surface area contributed by atoms with Gasteiger partial charge < -0.3 is 0 Å². The van der Waals surface area contributed by atoms with Crippen LogP contribution in [0.3, 0.4) is 0 Å². The Morgan fingerprint density at radius 1 is 1.23 bits per heavy atom. The first-order valence-corrected chi connectivity index (χ1v) is 9.70. The molecule has 1 aromatic heterocycles. The zero-order valence-corrected chi connectivity index (χ0v) is 15.8. The van der Waals surface area contributed by atoms with Crippen molar-refractivity contribution in [3.05, 3.63) is 70.7 Å². The number of aromatic nitrogens is 1. The van der Waals surface area contributed by atoms with Gasteiger partial charge in [-0.05, 0) is 42.8 Å². The molecule has 0 saturated carbocycles. The van der Waals surface area contributed by atoms with Crippen molar-refractivity contribution in [2.24, 2.45) is 0 Å². The Hall–Kier alpha value is -2.25. The van der Waals surface area contributed by atoms with E-state index >= 15 is 0 Å². The first-order valence-electron chi connectivity index (χ1n) is 7.83. The fourth-order valence-corrected chi connectivity index (χ4v) is 4.24. The molecule has 1 amide bonds. The van der Waals surface area contributed by atoms with Gasteiger partial charge in [0.2, 0.25) is 5.91 Å². The van der Waals surface area contributed by atoms with Crippen LogP contribution in [0.4, 0.5) is 19.6 Å². The van der Waals surface area contributed by atoms with Crippen LogP contribution in [0.1, 0.15) is 18.2 Å². The molecule has 3 aromatic rings. The Balaban J connectivity index is 1.79. The van der Waals surface area contributed by atoms with Crippen LogP contribution in [0.2, 0.25) is 0 Å². The van der Waals surface area contributed by atoms with Crippen molar-refractivity contribution in [1.82, 2.24) is 4.98 Å². The summed E-state index contributed by atoms with van der Waals surface area (Å²) in [5.74, 6) is -0.691. The van der Waals surface area contributed by atoms with Gasteiger partial charge in [0.15, 0.2) is 5.13 Å². The molecule has 0 aliphatic carbocycles. The molecular weight excluding hydrogens is 374 g/mol. The number of thioether (sulfide) groups is 1. The monoisotopic (exact) mass is 390 g/mol. The van der Waals surface area contributed by atoms with Gasteiger partial charge in [0.25, 0.3) is 0 Å². The molecule has 0 unspecified atom stereocenters. The quantitative estimate of drug-likeness (QED) is 0.524. The van der Waals surface area contributed by atoms with E-state index in [0.29, 0.717) is 16.6 Å². The van der Waals surface area contributed by atoms with Crippen LogP contribution in [0.15, 0.2) is 52.7 Å². The van der Waals surface area contributed by atoms with Gasteiger partial charge in [-0.1, -0.05) is 12.1 Å². The Bertz CT molecular complexity index is 943. The van der Waals surface area contributed by atoms with E-state index in [1.807, 2.05) is 36.6 Å². The van der Waals surface area contributed by atoms with Crippen LogP contribution in [0.25, 0.3) is 0 Å². The molecule has 26 heavy (non-hydrogen) atoms. The fourth-order valence-electron chi connectivity index (χ4n) is 2.40. The van der Waals surface area contributed by atoms with Crippen LogP contribution in [-0.2, 0) is 10.5 Å². The highest BCUT2D eigenvalue weighted by Gasteiger charge is 2.18. The number of halogens is 2. The summed E-state index contributed by atoms with van der Waals surface area (Å²) in [7, 11) is 0. The van der Waals surface area contributed by atoms with Crippen molar-refractivity contribution >= 4 is 39.8 Å². The molecule has 7 heteroatoms. The lowest BCUT2D eigenvalue weighted by Crippen LogP contribution is -2.22. The molecule has 0 fully saturated rings. The number of hydrogen-bond acceptors (Lipinski definition) is 4. The van der Waals surface area contributed by atoms with Crippen molar-refractivity contribution < 1.29 is 13.6 Å². The molecule has 1 heterocycles. The Morgan fingerprint density at radius 3 is 2.77 bits per heavy atom. The summed E-state index contributed by atoms with van der Waals surface area (Å²) in [6, 6.07) is 11.0. The van der Waals surface area contributed by atoms with Crippen LogP contribution in [0, 0.1) is 18.6 Å². The van der Waals surface area contributed by atoms with Crippen molar-refractivity contribution in [3.63, 3.8) is 0 Å². The summed E-state index contributed by atoms with van der Waals surface area (Å²) in [5, 5.41) is 2.38. The van der Waals surface area contributed by atoms with Crippen LogP contribution < -0.4 is 4.90 Å². The van der Waals surface area contributed by atoms with E-state index in [0.717, 1.165) is 23.4 Å². The minimum Gasteiger partial charge on any atom is -0.274 e. The number of hydrogen-bond donors (Lipinski definition) is 0. The lowest BCUT2D eigenvalue weighted by atomic mass is 10.2. The fraction of sp³-hybridized carbons (Fsp3) is 0.158. The largest absolute Gasteiger partial charge is 0.274 e. The number of anilines is 2. The van der Waals surface area contributed by atoms with E-state index in [1.54, 1.807) is 4.90 Å². The molecule has 0 bridgehead atoms. The highest BCUT2D eigenvalue weighted by molar-refractivity contribution is 7.98. The van der Waals surface area contributed by atoms with Gasteiger partial charge in [0.1, 0.15) is 11.6 Å². The Morgan fingerprint density at radius 2 is 2.04 bits per heavy atom. The standard InChI is InChI=1S/C19H16F2N2OS2/c1-12-4-3-5-16(8-12)23(13(2)24)19-22-15(11-26-19)10-25-18-9-14(20)6-7-17(18)21/h3-9,11H,10H2,1-2H3. The summed E-state index contributed by atoms with van der Waals surface area (Å²) in [4.78, 5) is 18.4. The average molecular weight is 390 g/mol. The Kier molecular flexibility index (Phi) is 5.68. The molecule has 0 atom stereocenters. The molecule has 3 rings (SSSR count). The van der Waals surface area contributed by atoms with E-state index in [4.69, 9.17) is 0 Å². The number of benzene rings is 2. The lowest BCUT2D eigenvalue weighted by molar-refractivity contribution is -0.115. The van der Waals surface area contributed by atoms with Crippen molar-refractivity contribution in [1.29, 1.82) is 0 Å². The summed E-state index contributed by atoms with van der Waals surface area (Å²) in [6.07, 6.45) is 0. The van der Waals surface area contributed by atoms with Crippen LogP contribution in [0.5, 0.6) is 0 Å². The molecule has 0 saturated heterocycles. The number of rotatable bonds is 5. The van der Waals surface area contributed by atoms with Gasteiger partial charge in [0.05, 0.1) is 11.4 Å². The molecular formula is C19H16F2N2OS2. The summed E-state index contributed by atoms with van der Waals surface area (Å²) < 4.78 is 27.0. The average Bonchev–Trinajstić information content (AvgIpc) is 3.04. The molecule has 0 radical (unpaired) electrons. The number of aryl methyl sites for hydroxylation is 1. The topological polar surface area (TPSA) is 33.2 Å². The van der Waals surface area contributed by atoms with E-state index in [9.17, 15) is 13.6 Å². The van der Waals surface area contributed by atoms with Gasteiger partial charge in [-0.2, -0.15) is 0 Å². The molecule has 0 N–H and O–H groups in total. The summed E-state index contributed by atoms with van der Waals surface area (Å²) >= 11 is 2.51. The highest BCUT2D eigenvalue weighted by atomic mass is 32.2. The smallest absolute Gasteiger partial charge is 0.230 e. The molecule has 0 aliphatic rings. The number of carbonyl (C=O) groups is 1. The minimum atomic E-state index is -0.477. The third-order valence-corrected chi connectivity index (χ3v) is 5.51. The third-order valence-electron chi connectivity index (χ3n) is 3.57. The number of amides is 1. The highest BCUT2D eigenvalue weighted by Crippen LogP contribution is 2.32. The predicted molar refractivity (Wildman–Crippen MR) is 102 cm³/mol. The third kappa shape index (κ3) is 4.28. The van der Waals surface area contributed by atoms with E-state index in [1.165, 1.54) is 36.1 Å². The molecule has 2 aromatic carbocycles. The van der Waals surface area contributed by atoms with Gasteiger partial charge in [-0.3, -0.25) is 9.69 Å². The summed E-state index contributed by atoms with van der Waals surface area (Å²) in [6.45, 7) is 3.44. The lowest BCUT2D eigenvalue weighted by Gasteiger charge is -2.18. The van der Waals surface area contributed by atoms with Gasteiger partial charge in [-0.15, -0.1) is 23.1 Å². The SMILES string of the molecule is CC(=O)N(c1cccc(C)c1)c1nc(CSc2cc(F)ccc2F)cs1. The van der Waals surface area contributed by atoms with Crippen LogP contribution >= 0.6 is 23.1 Å². The van der Waals surface area contributed by atoms with Crippen LogP contribution in [-0.4, -0.2) is 10.9 Å². The number of thiazole rings is 1.